The maximum Gasteiger partial charge on any atom is 0.209 e. The fourth-order valence-corrected chi connectivity index (χ4v) is 3.61. The number of aliphatic imine (C=N–C) groups is 1. The number of hydrogen-bond acceptors (Lipinski definition) is 4. The number of rotatable bonds is 4. The molecule has 2 aromatic carbocycles. The normalized spacial score (nSPS) is 14.9. The standard InChI is InChI=1S/C21H21FN4O2/c1-14-3-2-4-18-20(14)16(21(28)24-18)12-23-15-5-6-19(17(22)11-15)26-9-7-25(13-27)8-10-26/h2-6,11-13,24,28H,7-10H2,1H3. The zero-order valence-electron chi connectivity index (χ0n) is 15.5. The number of carbonyl (C=O) groups is 1. The number of aromatic hydroxyl groups is 1. The van der Waals surface area contributed by atoms with Gasteiger partial charge in [0.1, 0.15) is 5.82 Å². The van der Waals surface area contributed by atoms with Crippen molar-refractivity contribution >= 4 is 34.9 Å². The summed E-state index contributed by atoms with van der Waals surface area (Å²) >= 11 is 0. The summed E-state index contributed by atoms with van der Waals surface area (Å²) in [5.74, 6) is -0.313. The number of fused-ring (bicyclic) bond motifs is 1. The van der Waals surface area contributed by atoms with Crippen LogP contribution in [0.2, 0.25) is 0 Å². The number of aromatic nitrogens is 1. The van der Waals surface area contributed by atoms with E-state index in [4.69, 9.17) is 0 Å². The third-order valence-electron chi connectivity index (χ3n) is 5.13. The number of anilines is 1. The quantitative estimate of drug-likeness (QED) is 0.539. The molecule has 2 N–H and O–H groups in total. The van der Waals surface area contributed by atoms with Crippen LogP contribution in [0.5, 0.6) is 5.88 Å². The first-order valence-corrected chi connectivity index (χ1v) is 9.15. The molecule has 0 radical (unpaired) electrons. The van der Waals surface area contributed by atoms with Crippen molar-refractivity contribution < 1.29 is 14.3 Å². The molecule has 0 saturated carbocycles. The van der Waals surface area contributed by atoms with E-state index in [1.807, 2.05) is 30.0 Å². The van der Waals surface area contributed by atoms with Crippen LogP contribution in [0, 0.1) is 12.7 Å². The molecule has 1 aliphatic rings. The van der Waals surface area contributed by atoms with Crippen molar-refractivity contribution in [3.8, 4) is 5.88 Å². The molecule has 3 aromatic rings. The van der Waals surface area contributed by atoms with Crippen LogP contribution in [0.4, 0.5) is 15.8 Å². The molecule has 7 heteroatoms. The smallest absolute Gasteiger partial charge is 0.209 e. The number of nitrogens with zero attached hydrogens (tertiary/aromatic N) is 3. The number of amides is 1. The highest BCUT2D eigenvalue weighted by atomic mass is 19.1. The molecule has 1 fully saturated rings. The van der Waals surface area contributed by atoms with Gasteiger partial charge in [-0.3, -0.25) is 9.79 Å². The molecule has 0 spiro atoms. The maximum absolute atomic E-state index is 14.6. The van der Waals surface area contributed by atoms with E-state index in [1.165, 1.54) is 6.07 Å². The van der Waals surface area contributed by atoms with E-state index in [1.54, 1.807) is 23.2 Å². The third kappa shape index (κ3) is 3.31. The third-order valence-corrected chi connectivity index (χ3v) is 5.13. The molecular formula is C21H21FN4O2. The number of aromatic amines is 1. The minimum absolute atomic E-state index is 0.0400. The zero-order chi connectivity index (χ0) is 19.7. The Balaban J connectivity index is 1.57. The highest BCUT2D eigenvalue weighted by molar-refractivity contribution is 6.04. The van der Waals surface area contributed by atoms with Crippen LogP contribution in [-0.2, 0) is 4.79 Å². The van der Waals surface area contributed by atoms with Crippen LogP contribution in [0.25, 0.3) is 10.9 Å². The number of H-pyrrole nitrogens is 1. The van der Waals surface area contributed by atoms with Crippen LogP contribution < -0.4 is 4.90 Å². The molecule has 0 aliphatic carbocycles. The summed E-state index contributed by atoms with van der Waals surface area (Å²) in [5, 5.41) is 11.1. The van der Waals surface area contributed by atoms with Crippen molar-refractivity contribution in [1.29, 1.82) is 0 Å². The van der Waals surface area contributed by atoms with E-state index in [2.05, 4.69) is 9.98 Å². The van der Waals surface area contributed by atoms with Gasteiger partial charge in [0.25, 0.3) is 0 Å². The predicted molar refractivity (Wildman–Crippen MR) is 108 cm³/mol. The summed E-state index contributed by atoms with van der Waals surface area (Å²) in [6.07, 6.45) is 2.38. The van der Waals surface area contributed by atoms with E-state index in [9.17, 15) is 14.3 Å². The second kappa shape index (κ2) is 7.34. The van der Waals surface area contributed by atoms with Gasteiger partial charge in [-0.05, 0) is 30.7 Å². The van der Waals surface area contributed by atoms with Crippen molar-refractivity contribution in [1.82, 2.24) is 9.88 Å². The van der Waals surface area contributed by atoms with Gasteiger partial charge in [-0.15, -0.1) is 0 Å². The topological polar surface area (TPSA) is 71.9 Å². The molecule has 1 amide bonds. The molecule has 2 heterocycles. The van der Waals surface area contributed by atoms with Gasteiger partial charge in [0.05, 0.1) is 16.9 Å². The van der Waals surface area contributed by atoms with Gasteiger partial charge in [0.2, 0.25) is 6.41 Å². The van der Waals surface area contributed by atoms with Crippen molar-refractivity contribution in [3.05, 3.63) is 53.3 Å². The van der Waals surface area contributed by atoms with E-state index in [0.29, 0.717) is 43.1 Å². The minimum atomic E-state index is -0.353. The molecule has 1 saturated heterocycles. The largest absolute Gasteiger partial charge is 0.494 e. The average Bonchev–Trinajstić information content (AvgIpc) is 3.03. The van der Waals surface area contributed by atoms with E-state index < -0.39 is 0 Å². The number of aryl methyl sites for hydroxylation is 1. The van der Waals surface area contributed by atoms with Crippen molar-refractivity contribution in [2.24, 2.45) is 4.99 Å². The lowest BCUT2D eigenvalue weighted by molar-refractivity contribution is -0.118. The van der Waals surface area contributed by atoms with Gasteiger partial charge in [0, 0.05) is 49.4 Å². The van der Waals surface area contributed by atoms with Gasteiger partial charge in [-0.1, -0.05) is 12.1 Å². The fourth-order valence-electron chi connectivity index (χ4n) is 3.61. The lowest BCUT2D eigenvalue weighted by Crippen LogP contribution is -2.46. The minimum Gasteiger partial charge on any atom is -0.494 e. The zero-order valence-corrected chi connectivity index (χ0v) is 15.5. The Labute approximate surface area is 161 Å². The number of piperazine rings is 1. The van der Waals surface area contributed by atoms with E-state index in [-0.39, 0.29) is 11.7 Å². The van der Waals surface area contributed by atoms with E-state index in [0.717, 1.165) is 22.9 Å². The number of nitrogens with one attached hydrogen (secondary N) is 1. The molecular weight excluding hydrogens is 359 g/mol. The first kappa shape index (κ1) is 18.0. The Hall–Kier alpha value is -3.35. The number of hydrogen-bond donors (Lipinski definition) is 2. The average molecular weight is 380 g/mol. The summed E-state index contributed by atoms with van der Waals surface area (Å²) in [7, 11) is 0. The molecule has 1 aliphatic heterocycles. The summed E-state index contributed by atoms with van der Waals surface area (Å²) < 4.78 is 14.6. The highest BCUT2D eigenvalue weighted by Gasteiger charge is 2.18. The second-order valence-electron chi connectivity index (χ2n) is 6.91. The molecule has 0 unspecified atom stereocenters. The van der Waals surface area contributed by atoms with Crippen LogP contribution >= 0.6 is 0 Å². The fraction of sp³-hybridized carbons (Fsp3) is 0.238. The van der Waals surface area contributed by atoms with Gasteiger partial charge >= 0.3 is 0 Å². The van der Waals surface area contributed by atoms with Crippen LogP contribution in [0.1, 0.15) is 11.1 Å². The van der Waals surface area contributed by atoms with Crippen LogP contribution in [-0.4, -0.2) is 53.8 Å². The van der Waals surface area contributed by atoms with E-state index >= 15 is 0 Å². The Kier molecular flexibility index (Phi) is 4.73. The van der Waals surface area contributed by atoms with Crippen molar-refractivity contribution in [2.75, 3.05) is 31.1 Å². The molecule has 144 valence electrons. The Morgan fingerprint density at radius 1 is 1.18 bits per heavy atom. The van der Waals surface area contributed by atoms with Crippen molar-refractivity contribution in [2.45, 2.75) is 6.92 Å². The Morgan fingerprint density at radius 3 is 2.68 bits per heavy atom. The van der Waals surface area contributed by atoms with Crippen LogP contribution in [0.15, 0.2) is 41.4 Å². The highest BCUT2D eigenvalue weighted by Crippen LogP contribution is 2.30. The summed E-state index contributed by atoms with van der Waals surface area (Å²) in [6, 6.07) is 10.6. The predicted octanol–water partition coefficient (Wildman–Crippen LogP) is 3.35. The van der Waals surface area contributed by atoms with Gasteiger partial charge in [0.15, 0.2) is 5.88 Å². The summed E-state index contributed by atoms with van der Waals surface area (Å²) in [6.45, 7) is 4.33. The van der Waals surface area contributed by atoms with Gasteiger partial charge in [-0.2, -0.15) is 0 Å². The Bertz CT molecular complexity index is 1050. The molecule has 0 bridgehead atoms. The summed E-state index contributed by atoms with van der Waals surface area (Å²) in [5.41, 5.74) is 3.41. The molecule has 6 nitrogen and oxygen atoms in total. The van der Waals surface area contributed by atoms with Crippen molar-refractivity contribution in [3.63, 3.8) is 0 Å². The first-order chi connectivity index (χ1) is 13.6. The number of benzene rings is 2. The van der Waals surface area contributed by atoms with Gasteiger partial charge in [-0.25, -0.2) is 4.39 Å². The summed E-state index contributed by atoms with van der Waals surface area (Å²) in [4.78, 5) is 21.7. The lowest BCUT2D eigenvalue weighted by atomic mass is 10.1. The molecule has 28 heavy (non-hydrogen) atoms. The molecule has 0 atom stereocenters. The molecule has 1 aromatic heterocycles. The maximum atomic E-state index is 14.6. The number of carbonyl (C=O) groups excluding carboxylic acids is 1. The second-order valence-corrected chi connectivity index (χ2v) is 6.91. The first-order valence-electron chi connectivity index (χ1n) is 9.15. The Morgan fingerprint density at radius 2 is 1.96 bits per heavy atom. The van der Waals surface area contributed by atoms with Gasteiger partial charge < -0.3 is 19.9 Å². The lowest BCUT2D eigenvalue weighted by Gasteiger charge is -2.34. The number of halogens is 1. The monoisotopic (exact) mass is 380 g/mol. The molecule has 4 rings (SSSR count). The van der Waals surface area contributed by atoms with Crippen LogP contribution in [0.3, 0.4) is 0 Å². The SMILES string of the molecule is Cc1cccc2[nH]c(O)c(C=Nc3ccc(N4CCN(C=O)CC4)c(F)c3)c12.